The maximum atomic E-state index is 12.0. The van der Waals surface area contributed by atoms with Gasteiger partial charge < -0.3 is 10.2 Å². The quantitative estimate of drug-likeness (QED) is 0.838. The Balaban J connectivity index is 1.80. The second-order valence-electron chi connectivity index (χ2n) is 4.51. The van der Waals surface area contributed by atoms with Crippen LogP contribution in [-0.4, -0.2) is 42.0 Å². The molecule has 4 nitrogen and oxygen atoms in total. The number of rotatable bonds is 4. The summed E-state index contributed by atoms with van der Waals surface area (Å²) in [5.41, 5.74) is 1.22. The van der Waals surface area contributed by atoms with E-state index in [2.05, 4.69) is 10.3 Å². The number of nitrogens with zero attached hydrogens (tertiary/aromatic N) is 2. The average molecular weight is 233 g/mol. The predicted molar refractivity (Wildman–Crippen MR) is 66.6 cm³/mol. The summed E-state index contributed by atoms with van der Waals surface area (Å²) in [6, 6.07) is 4.02. The number of amides is 1. The molecule has 92 valence electrons. The van der Waals surface area contributed by atoms with Crippen LogP contribution in [0, 0.1) is 0 Å². The van der Waals surface area contributed by atoms with Gasteiger partial charge in [0, 0.05) is 26.0 Å². The third kappa shape index (κ3) is 3.27. The van der Waals surface area contributed by atoms with Gasteiger partial charge in [-0.05, 0) is 43.5 Å². The summed E-state index contributed by atoms with van der Waals surface area (Å²) in [7, 11) is 1.88. The SMILES string of the molecule is CN(CCc1ccncc1)C(=O)C1CCCN1. The molecule has 0 aliphatic carbocycles. The highest BCUT2D eigenvalue weighted by molar-refractivity contribution is 5.81. The molecule has 17 heavy (non-hydrogen) atoms. The number of pyridine rings is 1. The average Bonchev–Trinajstić information content (AvgIpc) is 2.90. The second-order valence-corrected chi connectivity index (χ2v) is 4.51. The topological polar surface area (TPSA) is 45.2 Å². The van der Waals surface area contributed by atoms with Crippen molar-refractivity contribution in [2.75, 3.05) is 20.1 Å². The van der Waals surface area contributed by atoms with Crippen molar-refractivity contribution >= 4 is 5.91 Å². The van der Waals surface area contributed by atoms with Gasteiger partial charge in [-0.25, -0.2) is 0 Å². The number of carbonyl (C=O) groups excluding carboxylic acids is 1. The lowest BCUT2D eigenvalue weighted by Gasteiger charge is -2.21. The van der Waals surface area contributed by atoms with Crippen LogP contribution >= 0.6 is 0 Å². The van der Waals surface area contributed by atoms with Crippen molar-refractivity contribution in [3.63, 3.8) is 0 Å². The fourth-order valence-electron chi connectivity index (χ4n) is 2.12. The molecule has 1 atom stereocenters. The van der Waals surface area contributed by atoms with Crippen molar-refractivity contribution in [3.8, 4) is 0 Å². The summed E-state index contributed by atoms with van der Waals surface area (Å²) in [6.07, 6.45) is 6.54. The van der Waals surface area contributed by atoms with Crippen LogP contribution in [0.25, 0.3) is 0 Å². The number of hydrogen-bond acceptors (Lipinski definition) is 3. The minimum absolute atomic E-state index is 0.0393. The van der Waals surface area contributed by atoms with E-state index < -0.39 is 0 Å². The Morgan fingerprint density at radius 3 is 2.94 bits per heavy atom. The van der Waals surface area contributed by atoms with E-state index in [0.29, 0.717) is 0 Å². The molecule has 4 heteroatoms. The van der Waals surface area contributed by atoms with Crippen molar-refractivity contribution < 1.29 is 4.79 Å². The second kappa shape index (κ2) is 5.77. The first-order valence-corrected chi connectivity index (χ1v) is 6.14. The molecule has 0 spiro atoms. The maximum absolute atomic E-state index is 12.0. The van der Waals surface area contributed by atoms with E-state index in [1.165, 1.54) is 5.56 Å². The number of hydrogen-bond donors (Lipinski definition) is 1. The number of aromatic nitrogens is 1. The molecule has 1 aliphatic rings. The van der Waals surface area contributed by atoms with Crippen LogP contribution in [0.2, 0.25) is 0 Å². The van der Waals surface area contributed by atoms with Crippen LogP contribution in [0.4, 0.5) is 0 Å². The lowest BCUT2D eigenvalue weighted by Crippen LogP contribution is -2.42. The predicted octanol–water partition coefficient (Wildman–Crippen LogP) is 0.834. The van der Waals surface area contributed by atoms with Crippen molar-refractivity contribution in [1.82, 2.24) is 15.2 Å². The summed E-state index contributed by atoms with van der Waals surface area (Å²) in [4.78, 5) is 17.8. The van der Waals surface area contributed by atoms with Gasteiger partial charge in [-0.1, -0.05) is 0 Å². The molecule has 0 bridgehead atoms. The Bertz CT molecular complexity index is 360. The molecule has 2 heterocycles. The lowest BCUT2D eigenvalue weighted by molar-refractivity contribution is -0.131. The third-order valence-corrected chi connectivity index (χ3v) is 3.22. The molecule has 1 N–H and O–H groups in total. The normalized spacial score (nSPS) is 19.2. The summed E-state index contributed by atoms with van der Waals surface area (Å²) in [5.74, 6) is 0.219. The molecule has 0 saturated carbocycles. The number of carbonyl (C=O) groups is 1. The molecule has 1 fully saturated rings. The molecule has 1 saturated heterocycles. The van der Waals surface area contributed by atoms with Gasteiger partial charge >= 0.3 is 0 Å². The molecule has 1 aromatic heterocycles. The smallest absolute Gasteiger partial charge is 0.239 e. The first kappa shape index (κ1) is 12.0. The Hall–Kier alpha value is -1.42. The minimum atomic E-state index is 0.0393. The Morgan fingerprint density at radius 2 is 2.29 bits per heavy atom. The Labute approximate surface area is 102 Å². The zero-order valence-corrected chi connectivity index (χ0v) is 10.2. The summed E-state index contributed by atoms with van der Waals surface area (Å²) >= 11 is 0. The van der Waals surface area contributed by atoms with E-state index in [1.807, 2.05) is 24.1 Å². The van der Waals surface area contributed by atoms with E-state index >= 15 is 0 Å². The molecule has 1 aliphatic heterocycles. The highest BCUT2D eigenvalue weighted by atomic mass is 16.2. The number of nitrogens with one attached hydrogen (secondary N) is 1. The van der Waals surface area contributed by atoms with Crippen molar-refractivity contribution in [3.05, 3.63) is 30.1 Å². The molecule has 1 aromatic rings. The maximum Gasteiger partial charge on any atom is 0.239 e. The molecule has 1 amide bonds. The fraction of sp³-hybridized carbons (Fsp3) is 0.538. The van der Waals surface area contributed by atoms with E-state index in [-0.39, 0.29) is 11.9 Å². The van der Waals surface area contributed by atoms with Gasteiger partial charge in [0.25, 0.3) is 0 Å². The van der Waals surface area contributed by atoms with Crippen molar-refractivity contribution in [1.29, 1.82) is 0 Å². The van der Waals surface area contributed by atoms with E-state index in [1.54, 1.807) is 12.4 Å². The van der Waals surface area contributed by atoms with E-state index in [0.717, 1.165) is 32.4 Å². The van der Waals surface area contributed by atoms with E-state index in [4.69, 9.17) is 0 Å². The van der Waals surface area contributed by atoms with Crippen LogP contribution in [0.5, 0.6) is 0 Å². The van der Waals surface area contributed by atoms with Gasteiger partial charge in [-0.3, -0.25) is 9.78 Å². The monoisotopic (exact) mass is 233 g/mol. The largest absolute Gasteiger partial charge is 0.344 e. The number of likely N-dealkylation sites (N-methyl/N-ethyl adjacent to an activating group) is 1. The van der Waals surface area contributed by atoms with Crippen LogP contribution in [-0.2, 0) is 11.2 Å². The Morgan fingerprint density at radius 1 is 1.53 bits per heavy atom. The first-order chi connectivity index (χ1) is 8.27. The molecule has 0 aromatic carbocycles. The van der Waals surface area contributed by atoms with Crippen LogP contribution in [0.15, 0.2) is 24.5 Å². The van der Waals surface area contributed by atoms with Crippen LogP contribution < -0.4 is 5.32 Å². The van der Waals surface area contributed by atoms with Crippen LogP contribution in [0.3, 0.4) is 0 Å². The zero-order chi connectivity index (χ0) is 12.1. The molecule has 1 unspecified atom stereocenters. The fourth-order valence-corrected chi connectivity index (χ4v) is 2.12. The first-order valence-electron chi connectivity index (χ1n) is 6.14. The van der Waals surface area contributed by atoms with E-state index in [9.17, 15) is 4.79 Å². The van der Waals surface area contributed by atoms with Gasteiger partial charge in [0.2, 0.25) is 5.91 Å². The summed E-state index contributed by atoms with van der Waals surface area (Å²) < 4.78 is 0. The standard InChI is InChI=1S/C13H19N3O/c1-16(13(17)12-3-2-7-15-12)10-6-11-4-8-14-9-5-11/h4-5,8-9,12,15H,2-3,6-7,10H2,1H3. The van der Waals surface area contributed by atoms with Crippen molar-refractivity contribution in [2.24, 2.45) is 0 Å². The van der Waals surface area contributed by atoms with Crippen molar-refractivity contribution in [2.45, 2.75) is 25.3 Å². The molecular formula is C13H19N3O. The van der Waals surface area contributed by atoms with Gasteiger partial charge in [-0.15, -0.1) is 0 Å². The van der Waals surface area contributed by atoms with Crippen LogP contribution in [0.1, 0.15) is 18.4 Å². The summed E-state index contributed by atoms with van der Waals surface area (Å²) in [5, 5.41) is 3.23. The van der Waals surface area contributed by atoms with Gasteiger partial charge in [0.1, 0.15) is 0 Å². The van der Waals surface area contributed by atoms with Gasteiger partial charge in [-0.2, -0.15) is 0 Å². The highest BCUT2D eigenvalue weighted by Crippen LogP contribution is 2.08. The zero-order valence-electron chi connectivity index (χ0n) is 10.2. The third-order valence-electron chi connectivity index (χ3n) is 3.22. The van der Waals surface area contributed by atoms with Gasteiger partial charge in [0.05, 0.1) is 6.04 Å². The molecule has 2 rings (SSSR count). The minimum Gasteiger partial charge on any atom is -0.344 e. The highest BCUT2D eigenvalue weighted by Gasteiger charge is 2.24. The molecular weight excluding hydrogens is 214 g/mol. The van der Waals surface area contributed by atoms with Gasteiger partial charge in [0.15, 0.2) is 0 Å². The Kier molecular flexibility index (Phi) is 4.09. The lowest BCUT2D eigenvalue weighted by atomic mass is 10.1. The summed E-state index contributed by atoms with van der Waals surface area (Å²) in [6.45, 7) is 1.73. The molecule has 0 radical (unpaired) electrons.